The Morgan fingerprint density at radius 2 is 1.51 bits per heavy atom. The average molecular weight is 498 g/mol. The van der Waals surface area contributed by atoms with Crippen molar-refractivity contribution in [1.82, 2.24) is 5.32 Å². The highest BCUT2D eigenvalue weighted by Gasteiger charge is 2.20. The number of nitrogens with one attached hydrogen (secondary N) is 2. The molecule has 1 saturated heterocycles. The standard InChI is InChI=1S/C32H39N3O2/c1-2-3-6-11-26-14-16-27(17-15-26)31(36)34-28-18-19-30(35-22-9-5-10-23-35)29(24-28)32(37)33-21-20-25-12-7-4-8-13-25/h4,7-8,12-19,24H,2-3,5-6,9-11,20-23H2,1H3,(H,33,37)(H,34,36). The largest absolute Gasteiger partial charge is 0.371 e. The molecule has 0 unspecified atom stereocenters. The van der Waals surface area contributed by atoms with Crippen molar-refractivity contribution in [1.29, 1.82) is 0 Å². The van der Waals surface area contributed by atoms with Crippen molar-refractivity contribution in [2.24, 2.45) is 0 Å². The van der Waals surface area contributed by atoms with E-state index >= 15 is 0 Å². The quantitative estimate of drug-likeness (QED) is 0.292. The summed E-state index contributed by atoms with van der Waals surface area (Å²) in [6, 6.07) is 23.7. The maximum absolute atomic E-state index is 13.3. The van der Waals surface area contributed by atoms with E-state index in [0.717, 1.165) is 44.5 Å². The van der Waals surface area contributed by atoms with Gasteiger partial charge >= 0.3 is 0 Å². The van der Waals surface area contributed by atoms with Gasteiger partial charge in [0, 0.05) is 36.6 Å². The van der Waals surface area contributed by atoms with Gasteiger partial charge in [-0.15, -0.1) is 0 Å². The van der Waals surface area contributed by atoms with Crippen molar-refractivity contribution >= 4 is 23.2 Å². The normalized spacial score (nSPS) is 13.3. The number of amides is 2. The molecule has 2 N–H and O–H groups in total. The van der Waals surface area contributed by atoms with Crippen LogP contribution < -0.4 is 15.5 Å². The van der Waals surface area contributed by atoms with E-state index in [1.54, 1.807) is 0 Å². The number of hydrogen-bond acceptors (Lipinski definition) is 3. The van der Waals surface area contributed by atoms with Crippen LogP contribution in [0.3, 0.4) is 0 Å². The van der Waals surface area contributed by atoms with Crippen LogP contribution in [0.2, 0.25) is 0 Å². The monoisotopic (exact) mass is 497 g/mol. The molecular weight excluding hydrogens is 458 g/mol. The van der Waals surface area contributed by atoms with Crippen molar-refractivity contribution in [3.05, 3.63) is 95.1 Å². The van der Waals surface area contributed by atoms with Crippen LogP contribution in [0.1, 0.15) is 77.3 Å². The lowest BCUT2D eigenvalue weighted by Crippen LogP contribution is -2.33. The van der Waals surface area contributed by atoms with Crippen molar-refractivity contribution in [2.75, 3.05) is 29.9 Å². The lowest BCUT2D eigenvalue weighted by atomic mass is 10.0. The van der Waals surface area contributed by atoms with Crippen LogP contribution in [0.5, 0.6) is 0 Å². The topological polar surface area (TPSA) is 61.4 Å². The second-order valence-corrected chi connectivity index (χ2v) is 9.88. The highest BCUT2D eigenvalue weighted by atomic mass is 16.2. The van der Waals surface area contributed by atoms with Gasteiger partial charge in [0.2, 0.25) is 0 Å². The number of carbonyl (C=O) groups is 2. The number of unbranched alkanes of at least 4 members (excludes halogenated alkanes) is 2. The van der Waals surface area contributed by atoms with Gasteiger partial charge in [-0.2, -0.15) is 0 Å². The molecule has 4 rings (SSSR count). The lowest BCUT2D eigenvalue weighted by molar-refractivity contribution is 0.0953. The van der Waals surface area contributed by atoms with E-state index in [2.05, 4.69) is 34.6 Å². The molecule has 5 heteroatoms. The van der Waals surface area contributed by atoms with E-state index in [4.69, 9.17) is 0 Å². The van der Waals surface area contributed by atoms with Gasteiger partial charge in [0.25, 0.3) is 11.8 Å². The van der Waals surface area contributed by atoms with Gasteiger partial charge in [0.1, 0.15) is 0 Å². The van der Waals surface area contributed by atoms with Gasteiger partial charge < -0.3 is 15.5 Å². The minimum Gasteiger partial charge on any atom is -0.371 e. The van der Waals surface area contributed by atoms with Gasteiger partial charge in [-0.3, -0.25) is 9.59 Å². The maximum Gasteiger partial charge on any atom is 0.255 e. The predicted octanol–water partition coefficient (Wildman–Crippen LogP) is 6.63. The summed E-state index contributed by atoms with van der Waals surface area (Å²) in [5.41, 5.74) is 5.24. The Hall–Kier alpha value is -3.60. The zero-order chi connectivity index (χ0) is 25.9. The third-order valence-corrected chi connectivity index (χ3v) is 7.02. The molecular formula is C32H39N3O2. The molecule has 194 valence electrons. The van der Waals surface area contributed by atoms with Crippen molar-refractivity contribution in [3.63, 3.8) is 0 Å². The van der Waals surface area contributed by atoms with E-state index in [1.165, 1.54) is 36.8 Å². The maximum atomic E-state index is 13.3. The van der Waals surface area contributed by atoms with E-state index in [-0.39, 0.29) is 11.8 Å². The van der Waals surface area contributed by atoms with Crippen LogP contribution in [-0.2, 0) is 12.8 Å². The van der Waals surface area contributed by atoms with Gasteiger partial charge in [0.15, 0.2) is 0 Å². The molecule has 2 amide bonds. The molecule has 1 fully saturated rings. The van der Waals surface area contributed by atoms with Crippen LogP contribution in [0.4, 0.5) is 11.4 Å². The van der Waals surface area contributed by atoms with Crippen molar-refractivity contribution in [2.45, 2.75) is 58.3 Å². The minimum atomic E-state index is -0.165. The van der Waals surface area contributed by atoms with Gasteiger partial charge in [-0.05, 0) is 80.0 Å². The van der Waals surface area contributed by atoms with Crippen molar-refractivity contribution in [3.8, 4) is 0 Å². The summed E-state index contributed by atoms with van der Waals surface area (Å²) in [5, 5.41) is 6.09. The summed E-state index contributed by atoms with van der Waals surface area (Å²) in [7, 11) is 0. The molecule has 5 nitrogen and oxygen atoms in total. The summed E-state index contributed by atoms with van der Waals surface area (Å²) in [6.45, 7) is 4.65. The molecule has 0 radical (unpaired) electrons. The fraction of sp³-hybridized carbons (Fsp3) is 0.375. The number of rotatable bonds is 11. The third kappa shape index (κ3) is 7.69. The Balaban J connectivity index is 1.45. The van der Waals surface area contributed by atoms with Crippen LogP contribution in [0, 0.1) is 0 Å². The molecule has 0 aromatic heterocycles. The Morgan fingerprint density at radius 3 is 2.24 bits per heavy atom. The van der Waals surface area contributed by atoms with Crippen molar-refractivity contribution < 1.29 is 9.59 Å². The predicted molar refractivity (Wildman–Crippen MR) is 153 cm³/mol. The number of nitrogens with zero attached hydrogens (tertiary/aromatic N) is 1. The highest BCUT2D eigenvalue weighted by Crippen LogP contribution is 2.27. The first-order valence-electron chi connectivity index (χ1n) is 13.8. The van der Waals surface area contributed by atoms with Gasteiger partial charge in [-0.25, -0.2) is 0 Å². The molecule has 0 bridgehead atoms. The van der Waals surface area contributed by atoms with Crippen LogP contribution >= 0.6 is 0 Å². The van der Waals surface area contributed by atoms with E-state index in [9.17, 15) is 9.59 Å². The summed E-state index contributed by atoms with van der Waals surface area (Å²) in [6.07, 6.45) is 8.88. The average Bonchev–Trinajstić information content (AvgIpc) is 2.94. The van der Waals surface area contributed by atoms with Gasteiger partial charge in [-0.1, -0.05) is 62.2 Å². The first-order chi connectivity index (χ1) is 18.1. The summed E-state index contributed by atoms with van der Waals surface area (Å²) in [4.78, 5) is 28.6. The highest BCUT2D eigenvalue weighted by molar-refractivity contribution is 6.06. The smallest absolute Gasteiger partial charge is 0.255 e. The number of carbonyl (C=O) groups excluding carboxylic acids is 2. The van der Waals surface area contributed by atoms with E-state index in [0.29, 0.717) is 23.4 Å². The molecule has 1 aliphatic heterocycles. The molecule has 37 heavy (non-hydrogen) atoms. The van der Waals surface area contributed by atoms with Gasteiger partial charge in [0.05, 0.1) is 5.56 Å². The van der Waals surface area contributed by atoms with Crippen LogP contribution in [-0.4, -0.2) is 31.4 Å². The number of anilines is 2. The fourth-order valence-electron chi connectivity index (χ4n) is 4.87. The zero-order valence-corrected chi connectivity index (χ0v) is 22.0. The second kappa shape index (κ2) is 13.6. The Bertz CT molecular complexity index is 1150. The first kappa shape index (κ1) is 26.5. The fourth-order valence-corrected chi connectivity index (χ4v) is 4.87. The third-order valence-electron chi connectivity index (χ3n) is 7.02. The lowest BCUT2D eigenvalue weighted by Gasteiger charge is -2.30. The Labute approximate surface area is 221 Å². The van der Waals surface area contributed by atoms with Crippen LogP contribution in [0.25, 0.3) is 0 Å². The van der Waals surface area contributed by atoms with Crippen LogP contribution in [0.15, 0.2) is 72.8 Å². The summed E-state index contributed by atoms with van der Waals surface area (Å²) >= 11 is 0. The van der Waals surface area contributed by atoms with E-state index < -0.39 is 0 Å². The molecule has 0 atom stereocenters. The molecule has 3 aromatic rings. The first-order valence-corrected chi connectivity index (χ1v) is 13.8. The molecule has 0 saturated carbocycles. The summed E-state index contributed by atoms with van der Waals surface area (Å²) in [5.74, 6) is -0.273. The number of hydrogen-bond donors (Lipinski definition) is 2. The number of piperidine rings is 1. The Kier molecular flexibility index (Phi) is 9.75. The molecule has 0 aliphatic carbocycles. The van der Waals surface area contributed by atoms with E-state index in [1.807, 2.05) is 60.7 Å². The number of benzene rings is 3. The summed E-state index contributed by atoms with van der Waals surface area (Å²) < 4.78 is 0. The zero-order valence-electron chi connectivity index (χ0n) is 22.0. The minimum absolute atomic E-state index is 0.107. The second-order valence-electron chi connectivity index (χ2n) is 9.88. The Morgan fingerprint density at radius 1 is 0.784 bits per heavy atom. The SMILES string of the molecule is CCCCCc1ccc(C(=O)Nc2ccc(N3CCCCC3)c(C(=O)NCCc3ccccc3)c2)cc1. The number of aryl methyl sites for hydroxylation is 1. The molecule has 3 aromatic carbocycles. The molecule has 1 heterocycles. The molecule has 0 spiro atoms. The molecule has 1 aliphatic rings.